The van der Waals surface area contributed by atoms with Crippen molar-refractivity contribution in [2.45, 2.75) is 45.3 Å². The van der Waals surface area contributed by atoms with Crippen LogP contribution in [0.5, 0.6) is 0 Å². The van der Waals surface area contributed by atoms with Crippen LogP contribution in [-0.4, -0.2) is 28.1 Å². The third-order valence-corrected chi connectivity index (χ3v) is 5.75. The normalized spacial score (nSPS) is 18.3. The molecule has 124 valence electrons. The monoisotopic (exact) mass is 334 g/mol. The molecule has 3 nitrogen and oxygen atoms in total. The Hall–Kier alpha value is -1.30. The van der Waals surface area contributed by atoms with Gasteiger partial charge in [0, 0.05) is 6.20 Å². The molecule has 23 heavy (non-hydrogen) atoms. The first kappa shape index (κ1) is 16.6. The van der Waals surface area contributed by atoms with Crippen LogP contribution in [0.15, 0.2) is 24.4 Å². The van der Waals surface area contributed by atoms with Gasteiger partial charge in [0.25, 0.3) is 0 Å². The molecule has 0 aliphatic carbocycles. The SMILES string of the molecule is Cc1cc(F)ccc1C1CCN(Cc2ncc(C(C)O)s2)CC1. The highest BCUT2D eigenvalue weighted by Gasteiger charge is 2.22. The summed E-state index contributed by atoms with van der Waals surface area (Å²) in [4.78, 5) is 7.75. The van der Waals surface area contributed by atoms with Gasteiger partial charge in [0.1, 0.15) is 10.8 Å². The molecule has 3 rings (SSSR count). The molecular weight excluding hydrogens is 311 g/mol. The lowest BCUT2D eigenvalue weighted by molar-refractivity contribution is 0.203. The maximum atomic E-state index is 13.2. The number of aryl methyl sites for hydroxylation is 1. The first-order valence-electron chi connectivity index (χ1n) is 8.14. The van der Waals surface area contributed by atoms with Gasteiger partial charge in [-0.15, -0.1) is 11.3 Å². The van der Waals surface area contributed by atoms with E-state index in [0.29, 0.717) is 5.92 Å². The molecule has 5 heteroatoms. The summed E-state index contributed by atoms with van der Waals surface area (Å²) in [6, 6.07) is 5.15. The summed E-state index contributed by atoms with van der Waals surface area (Å²) in [5, 5.41) is 10.6. The molecule has 1 unspecified atom stereocenters. The highest BCUT2D eigenvalue weighted by Crippen LogP contribution is 2.31. The first-order valence-corrected chi connectivity index (χ1v) is 8.95. The molecule has 0 radical (unpaired) electrons. The number of likely N-dealkylation sites (tertiary alicyclic amines) is 1. The molecule has 1 saturated heterocycles. The van der Waals surface area contributed by atoms with E-state index in [1.54, 1.807) is 36.6 Å². The topological polar surface area (TPSA) is 36.4 Å². The lowest BCUT2D eigenvalue weighted by Crippen LogP contribution is -2.32. The molecule has 2 heterocycles. The maximum Gasteiger partial charge on any atom is 0.123 e. The van der Waals surface area contributed by atoms with Gasteiger partial charge in [0.15, 0.2) is 0 Å². The maximum absolute atomic E-state index is 13.2. The van der Waals surface area contributed by atoms with E-state index in [2.05, 4.69) is 9.88 Å². The Labute approximate surface area is 140 Å². The molecule has 1 fully saturated rings. The molecule has 0 spiro atoms. The summed E-state index contributed by atoms with van der Waals surface area (Å²) in [5.41, 5.74) is 2.35. The third kappa shape index (κ3) is 3.97. The Kier molecular flexibility index (Phi) is 5.09. The van der Waals surface area contributed by atoms with Gasteiger partial charge in [-0.2, -0.15) is 0 Å². The number of thiazole rings is 1. The van der Waals surface area contributed by atoms with Crippen molar-refractivity contribution in [3.8, 4) is 0 Å². The van der Waals surface area contributed by atoms with Crippen LogP contribution in [0.2, 0.25) is 0 Å². The van der Waals surface area contributed by atoms with Crippen molar-refractivity contribution in [1.82, 2.24) is 9.88 Å². The molecule has 1 aromatic carbocycles. The molecule has 2 aromatic rings. The average molecular weight is 334 g/mol. The van der Waals surface area contributed by atoms with Gasteiger partial charge in [0.05, 0.1) is 17.5 Å². The minimum absolute atomic E-state index is 0.152. The van der Waals surface area contributed by atoms with Gasteiger partial charge in [-0.05, 0) is 69.0 Å². The summed E-state index contributed by atoms with van der Waals surface area (Å²) in [7, 11) is 0. The average Bonchev–Trinajstić information content (AvgIpc) is 2.97. The number of piperidine rings is 1. The van der Waals surface area contributed by atoms with Crippen molar-refractivity contribution in [2.24, 2.45) is 0 Å². The van der Waals surface area contributed by atoms with Crippen molar-refractivity contribution >= 4 is 11.3 Å². The highest BCUT2D eigenvalue weighted by atomic mass is 32.1. The second kappa shape index (κ2) is 7.07. The van der Waals surface area contributed by atoms with Gasteiger partial charge >= 0.3 is 0 Å². The Morgan fingerprint density at radius 1 is 1.39 bits per heavy atom. The van der Waals surface area contributed by atoms with E-state index in [1.165, 1.54) is 5.56 Å². The van der Waals surface area contributed by atoms with E-state index in [9.17, 15) is 9.50 Å². The van der Waals surface area contributed by atoms with Crippen LogP contribution < -0.4 is 0 Å². The molecular formula is C18H23FN2OS. The molecule has 1 N–H and O–H groups in total. The van der Waals surface area contributed by atoms with Gasteiger partial charge in [-0.1, -0.05) is 6.07 Å². The molecule has 0 bridgehead atoms. The predicted octanol–water partition coefficient (Wildman–Crippen LogP) is 4.02. The van der Waals surface area contributed by atoms with Crippen molar-refractivity contribution in [1.29, 1.82) is 0 Å². The number of nitrogens with zero attached hydrogens (tertiary/aromatic N) is 2. The highest BCUT2D eigenvalue weighted by molar-refractivity contribution is 7.11. The summed E-state index contributed by atoms with van der Waals surface area (Å²) >= 11 is 1.59. The zero-order valence-electron chi connectivity index (χ0n) is 13.6. The molecule has 0 saturated carbocycles. The van der Waals surface area contributed by atoms with Crippen molar-refractivity contribution in [2.75, 3.05) is 13.1 Å². The molecule has 1 aromatic heterocycles. The lowest BCUT2D eigenvalue weighted by atomic mass is 9.87. The fourth-order valence-electron chi connectivity index (χ4n) is 3.28. The van der Waals surface area contributed by atoms with Crippen molar-refractivity contribution in [3.05, 3.63) is 51.2 Å². The van der Waals surface area contributed by atoms with Crippen LogP contribution >= 0.6 is 11.3 Å². The van der Waals surface area contributed by atoms with Gasteiger partial charge in [0.2, 0.25) is 0 Å². The van der Waals surface area contributed by atoms with Crippen molar-refractivity contribution < 1.29 is 9.50 Å². The fourth-order valence-corrected chi connectivity index (χ4v) is 4.18. The Morgan fingerprint density at radius 3 is 2.74 bits per heavy atom. The van der Waals surface area contributed by atoms with E-state index in [1.807, 2.05) is 13.0 Å². The minimum atomic E-state index is -0.437. The zero-order chi connectivity index (χ0) is 16.4. The third-order valence-electron chi connectivity index (χ3n) is 4.60. The Bertz CT molecular complexity index is 663. The van der Waals surface area contributed by atoms with Crippen molar-refractivity contribution in [3.63, 3.8) is 0 Å². The fraction of sp³-hybridized carbons (Fsp3) is 0.500. The molecule has 1 aliphatic rings. The number of rotatable bonds is 4. The van der Waals surface area contributed by atoms with Crippen LogP contribution in [0.25, 0.3) is 0 Å². The minimum Gasteiger partial charge on any atom is -0.388 e. The van der Waals surface area contributed by atoms with E-state index in [4.69, 9.17) is 0 Å². The number of benzene rings is 1. The zero-order valence-corrected chi connectivity index (χ0v) is 14.4. The Morgan fingerprint density at radius 2 is 2.13 bits per heavy atom. The van der Waals surface area contributed by atoms with Crippen LogP contribution in [0.3, 0.4) is 0 Å². The van der Waals surface area contributed by atoms with E-state index >= 15 is 0 Å². The standard InChI is InChI=1S/C18H23FN2OS/c1-12-9-15(19)3-4-16(12)14-5-7-21(8-6-14)11-18-20-10-17(23-18)13(2)22/h3-4,9-10,13-14,22H,5-8,11H2,1-2H3. The summed E-state index contributed by atoms with van der Waals surface area (Å²) < 4.78 is 13.2. The van der Waals surface area contributed by atoms with E-state index < -0.39 is 6.10 Å². The quantitative estimate of drug-likeness (QED) is 0.917. The number of aliphatic hydroxyl groups is 1. The summed E-state index contributed by atoms with van der Waals surface area (Å²) in [6.45, 7) is 6.69. The van der Waals surface area contributed by atoms with E-state index in [-0.39, 0.29) is 5.82 Å². The Balaban J connectivity index is 1.57. The second-order valence-corrected chi connectivity index (χ2v) is 7.53. The van der Waals surface area contributed by atoms with E-state index in [0.717, 1.165) is 47.9 Å². The molecule has 1 aliphatic heterocycles. The van der Waals surface area contributed by atoms with Crippen LogP contribution in [0.4, 0.5) is 4.39 Å². The lowest BCUT2D eigenvalue weighted by Gasteiger charge is -2.32. The van der Waals surface area contributed by atoms with Crippen LogP contribution in [-0.2, 0) is 6.54 Å². The number of hydrogen-bond acceptors (Lipinski definition) is 4. The van der Waals surface area contributed by atoms with Crippen LogP contribution in [0.1, 0.15) is 52.8 Å². The van der Waals surface area contributed by atoms with Crippen LogP contribution in [0, 0.1) is 12.7 Å². The number of aliphatic hydroxyl groups excluding tert-OH is 1. The number of aromatic nitrogens is 1. The smallest absolute Gasteiger partial charge is 0.123 e. The number of halogens is 1. The second-order valence-electron chi connectivity index (χ2n) is 6.38. The summed E-state index contributed by atoms with van der Waals surface area (Å²) in [6.07, 6.45) is 3.54. The largest absolute Gasteiger partial charge is 0.388 e. The first-order chi connectivity index (χ1) is 11.0. The molecule has 0 amide bonds. The van der Waals surface area contributed by atoms with Gasteiger partial charge in [-0.25, -0.2) is 9.37 Å². The van der Waals surface area contributed by atoms with Gasteiger partial charge in [-0.3, -0.25) is 4.90 Å². The summed E-state index contributed by atoms with van der Waals surface area (Å²) in [5.74, 6) is 0.373. The predicted molar refractivity (Wildman–Crippen MR) is 91.1 cm³/mol. The molecule has 1 atom stereocenters. The number of hydrogen-bond donors (Lipinski definition) is 1. The van der Waals surface area contributed by atoms with Gasteiger partial charge < -0.3 is 5.11 Å².